The summed E-state index contributed by atoms with van der Waals surface area (Å²) in [5.41, 5.74) is -0.646. The first-order valence-corrected chi connectivity index (χ1v) is 9.29. The van der Waals surface area contributed by atoms with E-state index < -0.39 is 11.6 Å². The molecule has 0 spiro atoms. The minimum atomic E-state index is -0.987. The van der Waals surface area contributed by atoms with Crippen LogP contribution in [0.5, 0.6) is 5.75 Å². The number of carbonyl (C=O) groups excluding carboxylic acids is 1. The number of Topliss-reactive ketones (excluding diaryl/α,β-unsaturated/α-hetero) is 1. The molecule has 8 heteroatoms. The van der Waals surface area contributed by atoms with Crippen LogP contribution in [0.1, 0.15) is 52.5 Å². The van der Waals surface area contributed by atoms with Crippen molar-refractivity contribution in [2.24, 2.45) is 5.41 Å². The lowest BCUT2D eigenvalue weighted by Gasteiger charge is -2.23. The van der Waals surface area contributed by atoms with Crippen LogP contribution in [0.4, 0.5) is 0 Å². The molecular formula is C18H25Cl2N4O2+. The van der Waals surface area contributed by atoms with Crippen molar-refractivity contribution in [2.75, 3.05) is 5.84 Å². The Morgan fingerprint density at radius 1 is 1.31 bits per heavy atom. The Bertz CT molecular complexity index is 812. The Kier molecular flexibility index (Phi) is 6.19. The van der Waals surface area contributed by atoms with Gasteiger partial charge in [0, 0.05) is 28.4 Å². The zero-order valence-electron chi connectivity index (χ0n) is 15.7. The van der Waals surface area contributed by atoms with Gasteiger partial charge < -0.3 is 4.74 Å². The summed E-state index contributed by atoms with van der Waals surface area (Å²) in [7, 11) is 0. The zero-order chi connectivity index (χ0) is 19.6. The molecule has 1 aromatic carbocycles. The van der Waals surface area contributed by atoms with E-state index >= 15 is 0 Å². The van der Waals surface area contributed by atoms with Gasteiger partial charge in [0.1, 0.15) is 5.75 Å². The van der Waals surface area contributed by atoms with Crippen molar-refractivity contribution in [3.63, 3.8) is 0 Å². The predicted molar refractivity (Wildman–Crippen MR) is 102 cm³/mol. The van der Waals surface area contributed by atoms with E-state index in [1.54, 1.807) is 22.9 Å². The maximum atomic E-state index is 13.1. The molecule has 0 bridgehead atoms. The van der Waals surface area contributed by atoms with Gasteiger partial charge in [-0.05, 0) is 18.2 Å². The van der Waals surface area contributed by atoms with Crippen molar-refractivity contribution >= 4 is 29.0 Å². The molecule has 26 heavy (non-hydrogen) atoms. The molecular weight excluding hydrogens is 375 g/mol. The number of hydrogen-bond acceptors (Lipinski definition) is 4. The molecule has 1 heterocycles. The summed E-state index contributed by atoms with van der Waals surface area (Å²) < 4.78 is 9.08. The lowest BCUT2D eigenvalue weighted by molar-refractivity contribution is -0.655. The second-order valence-electron chi connectivity index (χ2n) is 7.01. The summed E-state index contributed by atoms with van der Waals surface area (Å²) in [6.45, 7) is 9.40. The number of hydrogen-bond donors (Lipinski definition) is 1. The van der Waals surface area contributed by atoms with Crippen LogP contribution in [0.3, 0.4) is 0 Å². The van der Waals surface area contributed by atoms with Gasteiger partial charge in [-0.3, -0.25) is 10.6 Å². The van der Waals surface area contributed by atoms with E-state index in [9.17, 15) is 4.79 Å². The van der Waals surface area contributed by atoms with Crippen molar-refractivity contribution in [3.05, 3.63) is 39.9 Å². The fourth-order valence-electron chi connectivity index (χ4n) is 2.53. The molecule has 0 fully saturated rings. The number of aromatic nitrogens is 3. The van der Waals surface area contributed by atoms with E-state index in [1.165, 1.54) is 4.68 Å². The normalized spacial score (nSPS) is 12.9. The monoisotopic (exact) mass is 399 g/mol. The molecule has 2 rings (SSSR count). The van der Waals surface area contributed by atoms with Crippen molar-refractivity contribution < 1.29 is 14.2 Å². The van der Waals surface area contributed by atoms with Gasteiger partial charge in [0.15, 0.2) is 0 Å². The number of ether oxygens (including phenoxy) is 1. The topological polar surface area (TPSA) is 74.0 Å². The number of carbonyl (C=O) groups is 1. The highest BCUT2D eigenvalue weighted by Gasteiger charge is 2.40. The van der Waals surface area contributed by atoms with Crippen molar-refractivity contribution in [1.29, 1.82) is 0 Å². The van der Waals surface area contributed by atoms with Gasteiger partial charge in [0.25, 0.3) is 11.6 Å². The van der Waals surface area contributed by atoms with Gasteiger partial charge in [-0.15, -0.1) is 4.68 Å². The largest absolute Gasteiger partial charge is 0.447 e. The maximum Gasteiger partial charge on any atom is 0.312 e. The zero-order valence-corrected chi connectivity index (χ0v) is 17.2. The number of ketones is 1. The van der Waals surface area contributed by atoms with Crippen molar-refractivity contribution in [3.8, 4) is 5.75 Å². The second-order valence-corrected chi connectivity index (χ2v) is 7.86. The lowest BCUT2D eigenvalue weighted by atomic mass is 9.89. The van der Waals surface area contributed by atoms with E-state index in [2.05, 4.69) is 5.10 Å². The SMILES string of the molecule is CCc1nn([C@@H](Oc2ccc(Cl)cc2Cl)C(=O)C(C)(C)C)c(CC)[n+]1N. The van der Waals surface area contributed by atoms with E-state index in [0.29, 0.717) is 40.3 Å². The van der Waals surface area contributed by atoms with Gasteiger partial charge in [0.05, 0.1) is 5.02 Å². The molecule has 0 aliphatic rings. The first kappa shape index (κ1) is 20.5. The van der Waals surface area contributed by atoms with Gasteiger partial charge in [-0.1, -0.05) is 62.5 Å². The molecule has 0 aliphatic heterocycles. The number of benzene rings is 1. The molecule has 0 radical (unpaired) electrons. The maximum absolute atomic E-state index is 13.1. The Balaban J connectivity index is 2.57. The van der Waals surface area contributed by atoms with Crippen LogP contribution in [-0.2, 0) is 17.6 Å². The Morgan fingerprint density at radius 2 is 1.96 bits per heavy atom. The van der Waals surface area contributed by atoms with Crippen LogP contribution in [0.25, 0.3) is 0 Å². The van der Waals surface area contributed by atoms with Crippen molar-refractivity contribution in [1.82, 2.24) is 9.78 Å². The molecule has 1 atom stereocenters. The highest BCUT2D eigenvalue weighted by Crippen LogP contribution is 2.32. The quantitative estimate of drug-likeness (QED) is 0.595. The number of aryl methyl sites for hydroxylation is 1. The average molecular weight is 400 g/mol. The highest BCUT2D eigenvalue weighted by atomic mass is 35.5. The first-order chi connectivity index (χ1) is 12.1. The van der Waals surface area contributed by atoms with Crippen LogP contribution in [0.15, 0.2) is 18.2 Å². The molecule has 2 N–H and O–H groups in total. The molecule has 0 aliphatic carbocycles. The smallest absolute Gasteiger partial charge is 0.312 e. The molecule has 1 aromatic heterocycles. The minimum absolute atomic E-state index is 0.135. The molecule has 0 unspecified atom stereocenters. The molecule has 142 valence electrons. The van der Waals surface area contributed by atoms with Crippen LogP contribution in [-0.4, -0.2) is 15.6 Å². The number of nitrogen functional groups attached to an aromatic ring is 1. The summed E-state index contributed by atoms with van der Waals surface area (Å²) in [5.74, 6) is 7.72. The molecule has 0 saturated carbocycles. The lowest BCUT2D eigenvalue weighted by Crippen LogP contribution is -2.50. The average Bonchev–Trinajstić information content (AvgIpc) is 2.88. The number of rotatable bonds is 6. The third kappa shape index (κ3) is 4.13. The molecule has 0 amide bonds. The van der Waals surface area contributed by atoms with Gasteiger partial charge in [-0.2, -0.15) is 0 Å². The third-order valence-electron chi connectivity index (χ3n) is 3.99. The standard InChI is InChI=1S/C18H25Cl2N4O2/c1-6-14-22-24(15(7-2)23(14)21)17(16(25)18(3,4)5)26-13-9-8-11(19)10-12(13)20/h8-10,17H,6-7,21H2,1-5H3/q+1/t17-/m0/s1. The fourth-order valence-corrected chi connectivity index (χ4v) is 2.98. The summed E-state index contributed by atoms with van der Waals surface area (Å²) in [4.78, 5) is 13.1. The minimum Gasteiger partial charge on any atom is -0.447 e. The number of nitrogens with two attached hydrogens (primary N) is 1. The third-order valence-corrected chi connectivity index (χ3v) is 4.52. The summed E-state index contributed by atoms with van der Waals surface area (Å²) >= 11 is 12.2. The van der Waals surface area contributed by atoms with E-state index in [-0.39, 0.29) is 5.78 Å². The van der Waals surface area contributed by atoms with Crippen LogP contribution >= 0.6 is 23.2 Å². The number of halogens is 2. The van der Waals surface area contributed by atoms with Crippen LogP contribution in [0, 0.1) is 5.41 Å². The van der Waals surface area contributed by atoms with E-state index in [4.69, 9.17) is 33.8 Å². The predicted octanol–water partition coefficient (Wildman–Crippen LogP) is 3.51. The Hall–Kier alpha value is -1.79. The van der Waals surface area contributed by atoms with Crippen LogP contribution in [0.2, 0.25) is 10.0 Å². The molecule has 0 saturated heterocycles. The summed E-state index contributed by atoms with van der Waals surface area (Å²) in [6.07, 6.45) is 0.239. The Labute approximate surface area is 163 Å². The second kappa shape index (κ2) is 7.84. The Morgan fingerprint density at radius 3 is 2.46 bits per heavy atom. The summed E-state index contributed by atoms with van der Waals surface area (Å²) in [6, 6.07) is 4.87. The van der Waals surface area contributed by atoms with E-state index in [1.807, 2.05) is 34.6 Å². The van der Waals surface area contributed by atoms with Crippen LogP contribution < -0.4 is 15.3 Å². The van der Waals surface area contributed by atoms with Gasteiger partial charge >= 0.3 is 6.23 Å². The fraction of sp³-hybridized carbons (Fsp3) is 0.500. The first-order valence-electron chi connectivity index (χ1n) is 8.53. The molecule has 2 aromatic rings. The highest BCUT2D eigenvalue weighted by molar-refractivity contribution is 6.35. The summed E-state index contributed by atoms with van der Waals surface area (Å²) in [5, 5.41) is 5.33. The number of nitrogens with zero attached hydrogens (tertiary/aromatic N) is 3. The molecule has 6 nitrogen and oxygen atoms in total. The van der Waals surface area contributed by atoms with Gasteiger partial charge in [0.2, 0.25) is 5.78 Å². The van der Waals surface area contributed by atoms with E-state index in [0.717, 1.165) is 0 Å². The van der Waals surface area contributed by atoms with Crippen molar-refractivity contribution in [2.45, 2.75) is 53.7 Å². The van der Waals surface area contributed by atoms with Gasteiger partial charge in [-0.25, -0.2) is 0 Å².